The molecule has 0 spiro atoms. The molecule has 1 N–H and O–H groups in total. The van der Waals surface area contributed by atoms with Gasteiger partial charge in [-0.1, -0.05) is 18.2 Å². The molecule has 21 heavy (non-hydrogen) atoms. The number of methoxy groups -OCH3 is 1. The smallest absolute Gasteiger partial charge is 0.253 e. The molecule has 5 heteroatoms. The number of hydrogen-bond donors (Lipinski definition) is 1. The summed E-state index contributed by atoms with van der Waals surface area (Å²) in [5, 5.41) is 2.78. The Hall–Kier alpha value is -2.40. The van der Waals surface area contributed by atoms with Crippen LogP contribution in [0.2, 0.25) is 0 Å². The number of carbonyl (C=O) groups is 1. The highest BCUT2D eigenvalue weighted by molar-refractivity contribution is 5.94. The van der Waals surface area contributed by atoms with Crippen LogP contribution in [0.4, 0.5) is 11.4 Å². The van der Waals surface area contributed by atoms with E-state index in [1.54, 1.807) is 19.5 Å². The lowest BCUT2D eigenvalue weighted by molar-refractivity contribution is 0.0937. The molecule has 1 amide bonds. The van der Waals surface area contributed by atoms with E-state index in [2.05, 4.69) is 10.3 Å². The minimum atomic E-state index is -0.150. The summed E-state index contributed by atoms with van der Waals surface area (Å²) in [6, 6.07) is 11.7. The van der Waals surface area contributed by atoms with Crippen molar-refractivity contribution in [3.8, 4) is 0 Å². The molecule has 110 valence electrons. The van der Waals surface area contributed by atoms with Crippen LogP contribution in [-0.2, 0) is 4.74 Å². The normalized spacial score (nSPS) is 10.2. The van der Waals surface area contributed by atoms with Gasteiger partial charge in [-0.3, -0.25) is 9.78 Å². The van der Waals surface area contributed by atoms with Crippen LogP contribution in [0.15, 0.2) is 48.8 Å². The highest BCUT2D eigenvalue weighted by atomic mass is 16.5. The van der Waals surface area contributed by atoms with Gasteiger partial charge in [0.15, 0.2) is 0 Å². The lowest BCUT2D eigenvalue weighted by Gasteiger charge is -2.19. The molecule has 1 aromatic heterocycles. The van der Waals surface area contributed by atoms with Gasteiger partial charge in [0, 0.05) is 32.6 Å². The third-order valence-corrected chi connectivity index (χ3v) is 3.11. The SMILES string of the molecule is COCCNC(=O)c1cncc(N(C)c2ccccc2)c1. The van der Waals surface area contributed by atoms with Crippen LogP contribution in [0.25, 0.3) is 0 Å². The number of nitrogens with zero attached hydrogens (tertiary/aromatic N) is 2. The Balaban J connectivity index is 2.12. The summed E-state index contributed by atoms with van der Waals surface area (Å²) in [5.74, 6) is -0.150. The molecule has 0 bridgehead atoms. The number of pyridine rings is 1. The largest absolute Gasteiger partial charge is 0.383 e. The van der Waals surface area contributed by atoms with Gasteiger partial charge < -0.3 is 15.0 Å². The molecular formula is C16H19N3O2. The van der Waals surface area contributed by atoms with Crippen molar-refractivity contribution in [2.24, 2.45) is 0 Å². The fourth-order valence-electron chi connectivity index (χ4n) is 1.90. The van der Waals surface area contributed by atoms with Crippen molar-refractivity contribution in [3.63, 3.8) is 0 Å². The first-order valence-corrected chi connectivity index (χ1v) is 6.73. The maximum atomic E-state index is 12.0. The number of anilines is 2. The summed E-state index contributed by atoms with van der Waals surface area (Å²) in [7, 11) is 3.54. The maximum absolute atomic E-state index is 12.0. The maximum Gasteiger partial charge on any atom is 0.253 e. The molecule has 0 radical (unpaired) electrons. The second-order valence-corrected chi connectivity index (χ2v) is 4.58. The van der Waals surface area contributed by atoms with Crippen molar-refractivity contribution in [1.82, 2.24) is 10.3 Å². The number of aromatic nitrogens is 1. The van der Waals surface area contributed by atoms with E-state index < -0.39 is 0 Å². The van der Waals surface area contributed by atoms with Gasteiger partial charge in [-0.25, -0.2) is 0 Å². The van der Waals surface area contributed by atoms with E-state index in [0.29, 0.717) is 18.7 Å². The first-order valence-electron chi connectivity index (χ1n) is 6.73. The number of rotatable bonds is 6. The highest BCUT2D eigenvalue weighted by Crippen LogP contribution is 2.22. The fourth-order valence-corrected chi connectivity index (χ4v) is 1.90. The third kappa shape index (κ3) is 4.03. The molecular weight excluding hydrogens is 266 g/mol. The molecule has 0 aliphatic carbocycles. The van der Waals surface area contributed by atoms with Crippen LogP contribution in [-0.4, -0.2) is 38.2 Å². The van der Waals surface area contributed by atoms with Gasteiger partial charge in [-0.15, -0.1) is 0 Å². The minimum absolute atomic E-state index is 0.150. The first-order chi connectivity index (χ1) is 10.2. The molecule has 0 unspecified atom stereocenters. The zero-order chi connectivity index (χ0) is 15.1. The summed E-state index contributed by atoms with van der Waals surface area (Å²) >= 11 is 0. The Morgan fingerprint density at radius 3 is 2.71 bits per heavy atom. The number of amides is 1. The molecule has 0 atom stereocenters. The van der Waals surface area contributed by atoms with E-state index in [-0.39, 0.29) is 5.91 Å². The Morgan fingerprint density at radius 2 is 2.00 bits per heavy atom. The minimum Gasteiger partial charge on any atom is -0.383 e. The van der Waals surface area contributed by atoms with Gasteiger partial charge in [0.2, 0.25) is 0 Å². The van der Waals surface area contributed by atoms with Crippen LogP contribution in [0.1, 0.15) is 10.4 Å². The molecule has 2 aromatic rings. The van der Waals surface area contributed by atoms with E-state index in [9.17, 15) is 4.79 Å². The number of ether oxygens (including phenoxy) is 1. The van der Waals surface area contributed by atoms with Crippen LogP contribution in [0.5, 0.6) is 0 Å². The topological polar surface area (TPSA) is 54.5 Å². The number of benzene rings is 1. The van der Waals surface area contributed by atoms with Gasteiger partial charge in [-0.05, 0) is 18.2 Å². The highest BCUT2D eigenvalue weighted by Gasteiger charge is 2.09. The average Bonchev–Trinajstić information content (AvgIpc) is 2.55. The molecule has 0 aliphatic rings. The Labute approximate surface area is 124 Å². The first kappa shape index (κ1) is 15.0. The number of hydrogen-bond acceptors (Lipinski definition) is 4. The second-order valence-electron chi connectivity index (χ2n) is 4.58. The summed E-state index contributed by atoms with van der Waals surface area (Å²) in [6.45, 7) is 0.969. The van der Waals surface area contributed by atoms with Crippen molar-refractivity contribution in [1.29, 1.82) is 0 Å². The van der Waals surface area contributed by atoms with Crippen molar-refractivity contribution < 1.29 is 9.53 Å². The van der Waals surface area contributed by atoms with Gasteiger partial charge in [0.25, 0.3) is 5.91 Å². The molecule has 1 aromatic carbocycles. The van der Waals surface area contributed by atoms with Gasteiger partial charge in [0.1, 0.15) is 0 Å². The van der Waals surface area contributed by atoms with E-state index in [0.717, 1.165) is 11.4 Å². The van der Waals surface area contributed by atoms with E-state index in [1.807, 2.05) is 48.3 Å². The van der Waals surface area contributed by atoms with Crippen LogP contribution in [0, 0.1) is 0 Å². The molecule has 0 fully saturated rings. The lowest BCUT2D eigenvalue weighted by Crippen LogP contribution is -2.27. The van der Waals surface area contributed by atoms with Crippen LogP contribution in [0.3, 0.4) is 0 Å². The van der Waals surface area contributed by atoms with Gasteiger partial charge in [-0.2, -0.15) is 0 Å². The van der Waals surface area contributed by atoms with E-state index in [1.165, 1.54) is 0 Å². The quantitative estimate of drug-likeness (QED) is 0.827. The second kappa shape index (κ2) is 7.40. The van der Waals surface area contributed by atoms with E-state index >= 15 is 0 Å². The van der Waals surface area contributed by atoms with E-state index in [4.69, 9.17) is 4.74 Å². The Kier molecular flexibility index (Phi) is 5.29. The van der Waals surface area contributed by atoms with Gasteiger partial charge in [0.05, 0.1) is 24.1 Å². The zero-order valence-electron chi connectivity index (χ0n) is 12.2. The van der Waals surface area contributed by atoms with Gasteiger partial charge >= 0.3 is 0 Å². The average molecular weight is 285 g/mol. The Morgan fingerprint density at radius 1 is 1.24 bits per heavy atom. The predicted molar refractivity (Wildman–Crippen MR) is 83.0 cm³/mol. The summed E-state index contributed by atoms with van der Waals surface area (Å²) in [6.07, 6.45) is 3.30. The fraction of sp³-hybridized carbons (Fsp3) is 0.250. The molecule has 1 heterocycles. The molecule has 0 saturated carbocycles. The van der Waals surface area contributed by atoms with Crippen molar-refractivity contribution >= 4 is 17.3 Å². The number of nitrogens with one attached hydrogen (secondary N) is 1. The molecule has 2 rings (SSSR count). The van der Waals surface area contributed by atoms with Crippen LogP contribution < -0.4 is 10.2 Å². The van der Waals surface area contributed by atoms with Crippen LogP contribution >= 0.6 is 0 Å². The third-order valence-electron chi connectivity index (χ3n) is 3.11. The predicted octanol–water partition coefficient (Wildman–Crippen LogP) is 2.23. The molecule has 0 saturated heterocycles. The molecule has 0 aliphatic heterocycles. The summed E-state index contributed by atoms with van der Waals surface area (Å²) < 4.78 is 4.91. The zero-order valence-corrected chi connectivity index (χ0v) is 12.2. The standard InChI is InChI=1S/C16H19N3O2/c1-19(14-6-4-3-5-7-14)15-10-13(11-17-12-15)16(20)18-8-9-21-2/h3-7,10-12H,8-9H2,1-2H3,(H,18,20). The van der Waals surface area contributed by atoms with Crippen molar-refractivity contribution in [3.05, 3.63) is 54.4 Å². The number of para-hydroxylation sites is 1. The summed E-state index contributed by atoms with van der Waals surface area (Å²) in [4.78, 5) is 18.1. The Bertz CT molecular complexity index is 587. The summed E-state index contributed by atoms with van der Waals surface area (Å²) in [5.41, 5.74) is 2.43. The monoisotopic (exact) mass is 285 g/mol. The van der Waals surface area contributed by atoms with Crippen molar-refractivity contribution in [2.75, 3.05) is 32.2 Å². The lowest BCUT2D eigenvalue weighted by atomic mass is 10.2. The number of carbonyl (C=O) groups excluding carboxylic acids is 1. The van der Waals surface area contributed by atoms with Crippen molar-refractivity contribution in [2.45, 2.75) is 0 Å². The molecule has 5 nitrogen and oxygen atoms in total.